The lowest BCUT2D eigenvalue weighted by molar-refractivity contribution is -0.319. The first-order valence-corrected chi connectivity index (χ1v) is 10.9. The Labute approximate surface area is 181 Å². The lowest BCUT2D eigenvalue weighted by Gasteiger charge is -2.69. The number of carbonyl (C=O) groups is 3. The maximum Gasteiger partial charge on any atom is 0.303 e. The van der Waals surface area contributed by atoms with E-state index in [1.54, 1.807) is 6.08 Å². The largest absolute Gasteiger partial charge is 0.493 e. The molecule has 0 bridgehead atoms. The summed E-state index contributed by atoms with van der Waals surface area (Å²) >= 11 is 0. The number of hydrogen-bond acceptors (Lipinski definition) is 8. The Bertz CT molecular complexity index is 866. The van der Waals surface area contributed by atoms with E-state index < -0.39 is 58.5 Å². The summed E-state index contributed by atoms with van der Waals surface area (Å²) in [5, 5.41) is 21.9. The smallest absolute Gasteiger partial charge is 0.303 e. The first-order chi connectivity index (χ1) is 14.3. The molecule has 0 amide bonds. The molecule has 4 aliphatic rings. The molecule has 0 aromatic rings. The molecule has 1 saturated heterocycles. The van der Waals surface area contributed by atoms with Crippen LogP contribution in [0.1, 0.15) is 47.5 Å². The molecule has 0 spiro atoms. The van der Waals surface area contributed by atoms with E-state index in [0.717, 1.165) is 0 Å². The van der Waals surface area contributed by atoms with Crippen molar-refractivity contribution in [2.24, 2.45) is 34.5 Å². The van der Waals surface area contributed by atoms with Crippen molar-refractivity contribution in [3.8, 4) is 0 Å². The molecule has 2 N–H and O–H groups in total. The van der Waals surface area contributed by atoms with Gasteiger partial charge >= 0.3 is 5.97 Å². The van der Waals surface area contributed by atoms with Gasteiger partial charge in [0.15, 0.2) is 17.7 Å². The summed E-state index contributed by atoms with van der Waals surface area (Å²) in [6, 6.07) is 0. The van der Waals surface area contributed by atoms with Crippen molar-refractivity contribution in [2.75, 3.05) is 7.11 Å². The van der Waals surface area contributed by atoms with Gasteiger partial charge in [0.2, 0.25) is 11.6 Å². The molecule has 0 aromatic carbocycles. The second kappa shape index (κ2) is 6.86. The van der Waals surface area contributed by atoms with Crippen molar-refractivity contribution in [3.63, 3.8) is 0 Å². The standard InChI is InChI=1S/C23H32O8/c1-10-7-13(29-6)19(27)21(3)12(10)8-15-22(4)14(9-16(25)30-15)23(5,31-11(2)24)20(28)17(26)18(21)22/h7,10,12,14-18,25-26H,8-9H2,1-6H3/t10-,12+,14-,15-,16-,17+,18-,21+,22-,23+/m1/s1. The Hall–Kier alpha value is -1.77. The molecule has 4 rings (SSSR count). The van der Waals surface area contributed by atoms with E-state index >= 15 is 0 Å². The van der Waals surface area contributed by atoms with Crippen LogP contribution in [-0.2, 0) is 28.6 Å². The van der Waals surface area contributed by atoms with Crippen LogP contribution in [-0.4, -0.2) is 59.0 Å². The van der Waals surface area contributed by atoms with Gasteiger partial charge in [0.25, 0.3) is 0 Å². The summed E-state index contributed by atoms with van der Waals surface area (Å²) in [6.45, 7) is 8.39. The van der Waals surface area contributed by atoms with Crippen molar-refractivity contribution in [3.05, 3.63) is 11.8 Å². The van der Waals surface area contributed by atoms with Crippen molar-refractivity contribution in [1.82, 2.24) is 0 Å². The third-order valence-electron chi connectivity index (χ3n) is 8.83. The highest BCUT2D eigenvalue weighted by Crippen LogP contribution is 2.68. The Morgan fingerprint density at radius 1 is 1.19 bits per heavy atom. The van der Waals surface area contributed by atoms with Crippen molar-refractivity contribution >= 4 is 17.5 Å². The summed E-state index contributed by atoms with van der Waals surface area (Å²) in [6.07, 6.45) is -0.876. The molecule has 3 fully saturated rings. The van der Waals surface area contributed by atoms with Crippen molar-refractivity contribution in [2.45, 2.75) is 71.6 Å². The van der Waals surface area contributed by atoms with Gasteiger partial charge in [0.1, 0.15) is 6.10 Å². The van der Waals surface area contributed by atoms with Gasteiger partial charge in [-0.2, -0.15) is 0 Å². The number of allylic oxidation sites excluding steroid dienone is 2. The highest BCUT2D eigenvalue weighted by molar-refractivity contribution is 6.01. The SMILES string of the molecule is COC1=C[C@@H](C)[C@@H]2C[C@H]3O[C@@H](O)C[C@@H]4[C@@]3(C)[C@H]([C@H](O)C(=O)[C@@]4(C)OC(C)=O)[C@@]2(C)C1=O. The van der Waals surface area contributed by atoms with Crippen LogP contribution >= 0.6 is 0 Å². The second-order valence-corrected chi connectivity index (χ2v) is 10.3. The summed E-state index contributed by atoms with van der Waals surface area (Å²) in [7, 11) is 1.44. The second-order valence-electron chi connectivity index (χ2n) is 10.3. The minimum atomic E-state index is -1.63. The Balaban J connectivity index is 1.94. The average molecular weight is 437 g/mol. The van der Waals surface area contributed by atoms with Gasteiger partial charge < -0.3 is 24.4 Å². The van der Waals surface area contributed by atoms with Crippen LogP contribution in [0, 0.1) is 34.5 Å². The van der Waals surface area contributed by atoms with Crippen LogP contribution in [0.5, 0.6) is 0 Å². The highest BCUT2D eigenvalue weighted by atomic mass is 16.6. The third-order valence-corrected chi connectivity index (χ3v) is 8.83. The molecule has 1 aliphatic heterocycles. The van der Waals surface area contributed by atoms with Crippen LogP contribution in [0.4, 0.5) is 0 Å². The zero-order chi connectivity index (χ0) is 23.1. The van der Waals surface area contributed by atoms with Crippen LogP contribution in [0.3, 0.4) is 0 Å². The van der Waals surface area contributed by atoms with E-state index in [-0.39, 0.29) is 29.8 Å². The predicted octanol–water partition coefficient (Wildman–Crippen LogP) is 1.37. The zero-order valence-corrected chi connectivity index (χ0v) is 18.9. The van der Waals surface area contributed by atoms with E-state index in [2.05, 4.69) is 0 Å². The van der Waals surface area contributed by atoms with E-state index in [9.17, 15) is 24.6 Å². The number of methoxy groups -OCH3 is 1. The minimum Gasteiger partial charge on any atom is -0.493 e. The maximum atomic E-state index is 13.6. The third kappa shape index (κ3) is 2.67. The monoisotopic (exact) mass is 436 g/mol. The number of Topliss-reactive ketones (excluding diaryl/α,β-unsaturated/α-hetero) is 2. The van der Waals surface area contributed by atoms with E-state index in [1.165, 1.54) is 21.0 Å². The molecule has 0 aromatic heterocycles. The fraction of sp³-hybridized carbons (Fsp3) is 0.783. The Morgan fingerprint density at radius 3 is 2.42 bits per heavy atom. The highest BCUT2D eigenvalue weighted by Gasteiger charge is 2.76. The topological polar surface area (TPSA) is 119 Å². The quantitative estimate of drug-likeness (QED) is 0.623. The molecule has 8 nitrogen and oxygen atoms in total. The zero-order valence-electron chi connectivity index (χ0n) is 18.9. The number of carbonyl (C=O) groups excluding carboxylic acids is 3. The molecule has 2 saturated carbocycles. The van der Waals surface area contributed by atoms with Gasteiger partial charge in [-0.05, 0) is 31.3 Å². The fourth-order valence-electron chi connectivity index (χ4n) is 7.60. The first-order valence-electron chi connectivity index (χ1n) is 10.9. The Kier molecular flexibility index (Phi) is 4.96. The predicted molar refractivity (Wildman–Crippen MR) is 107 cm³/mol. The normalized spacial score (nSPS) is 51.4. The molecule has 31 heavy (non-hydrogen) atoms. The van der Waals surface area contributed by atoms with Gasteiger partial charge in [-0.3, -0.25) is 14.4 Å². The maximum absolute atomic E-state index is 13.6. The van der Waals surface area contributed by atoms with Gasteiger partial charge in [0, 0.05) is 36.0 Å². The van der Waals surface area contributed by atoms with E-state index in [0.29, 0.717) is 6.42 Å². The number of aliphatic hydroxyl groups is 2. The Morgan fingerprint density at radius 2 is 1.84 bits per heavy atom. The average Bonchev–Trinajstić information content (AvgIpc) is 2.67. The summed E-state index contributed by atoms with van der Waals surface area (Å²) in [5.74, 6) is -2.98. The van der Waals surface area contributed by atoms with Crippen LogP contribution in [0.25, 0.3) is 0 Å². The van der Waals surface area contributed by atoms with Crippen molar-refractivity contribution in [1.29, 1.82) is 0 Å². The summed E-state index contributed by atoms with van der Waals surface area (Å²) < 4.78 is 16.9. The fourth-order valence-corrected chi connectivity index (χ4v) is 7.60. The van der Waals surface area contributed by atoms with Crippen molar-refractivity contribution < 1.29 is 38.8 Å². The van der Waals surface area contributed by atoms with E-state index in [1.807, 2.05) is 20.8 Å². The molecule has 3 aliphatic carbocycles. The number of esters is 1. The number of ketones is 2. The van der Waals surface area contributed by atoms with Gasteiger partial charge in [-0.15, -0.1) is 0 Å². The molecule has 0 radical (unpaired) electrons. The first kappa shape index (κ1) is 22.4. The van der Waals surface area contributed by atoms with Crippen LogP contribution < -0.4 is 0 Å². The van der Waals surface area contributed by atoms with Gasteiger partial charge in [0.05, 0.1) is 13.2 Å². The molecule has 10 atom stereocenters. The molecule has 8 heteroatoms. The number of fused-ring (bicyclic) bond motifs is 2. The molecule has 1 heterocycles. The number of ether oxygens (including phenoxy) is 3. The lowest BCUT2D eigenvalue weighted by atomic mass is 9.37. The van der Waals surface area contributed by atoms with Gasteiger partial charge in [-0.1, -0.05) is 20.8 Å². The number of rotatable bonds is 2. The lowest BCUT2D eigenvalue weighted by Crippen LogP contribution is -2.77. The van der Waals surface area contributed by atoms with Crippen LogP contribution in [0.15, 0.2) is 11.8 Å². The molecule has 172 valence electrons. The van der Waals surface area contributed by atoms with E-state index in [4.69, 9.17) is 14.2 Å². The minimum absolute atomic E-state index is 0.0587. The van der Waals surface area contributed by atoms with Gasteiger partial charge in [-0.25, -0.2) is 0 Å². The number of hydrogen-bond donors (Lipinski definition) is 2. The molecule has 0 unspecified atom stereocenters. The molecular formula is C23H32O8. The molecular weight excluding hydrogens is 404 g/mol. The summed E-state index contributed by atoms with van der Waals surface area (Å²) in [5.41, 5.74) is -3.61. The summed E-state index contributed by atoms with van der Waals surface area (Å²) in [4.78, 5) is 39.1. The van der Waals surface area contributed by atoms with Crippen LogP contribution in [0.2, 0.25) is 0 Å². The number of aliphatic hydroxyl groups excluding tert-OH is 2.